The van der Waals surface area contributed by atoms with Gasteiger partial charge in [0.2, 0.25) is 0 Å². The van der Waals surface area contributed by atoms with Gasteiger partial charge in [0.15, 0.2) is 12.4 Å². The van der Waals surface area contributed by atoms with Crippen molar-refractivity contribution in [3.63, 3.8) is 0 Å². The Balaban J connectivity index is 2.06. The average Bonchev–Trinajstić information content (AvgIpc) is 2.52. The highest BCUT2D eigenvalue weighted by Crippen LogP contribution is 2.40. The van der Waals surface area contributed by atoms with Crippen molar-refractivity contribution in [1.82, 2.24) is 4.90 Å². The largest absolute Gasteiger partial charge is 0.477 e. The average molecular weight is 366 g/mol. The van der Waals surface area contributed by atoms with E-state index in [-0.39, 0.29) is 16.6 Å². The van der Waals surface area contributed by atoms with Crippen LogP contribution >= 0.6 is 11.8 Å². The topological polar surface area (TPSA) is 81.9 Å². The second-order valence-corrected chi connectivity index (χ2v) is 5.85. The lowest BCUT2D eigenvalue weighted by Crippen LogP contribution is -2.43. The molecule has 0 atom stereocenters. The lowest BCUT2D eigenvalue weighted by atomic mass is 10.3. The molecule has 11 heteroatoms. The van der Waals surface area contributed by atoms with Gasteiger partial charge in [-0.1, -0.05) is 0 Å². The SMILES string of the molecule is O=C(COc1ccc(SC(F)(F)F)cc1[N+](=O)[O-])N1CCOCC1. The fourth-order valence-corrected chi connectivity index (χ4v) is 2.58. The number of amides is 1. The molecule has 0 spiro atoms. The molecule has 0 N–H and O–H groups in total. The third-order valence-corrected chi connectivity index (χ3v) is 3.80. The van der Waals surface area contributed by atoms with Crippen LogP contribution in [0.15, 0.2) is 23.1 Å². The van der Waals surface area contributed by atoms with Crippen LogP contribution in [0.25, 0.3) is 0 Å². The van der Waals surface area contributed by atoms with E-state index in [2.05, 4.69) is 0 Å². The van der Waals surface area contributed by atoms with Gasteiger partial charge in [0, 0.05) is 24.1 Å². The van der Waals surface area contributed by atoms with Gasteiger partial charge in [-0.25, -0.2) is 0 Å². The Morgan fingerprint density at radius 2 is 2.04 bits per heavy atom. The molecule has 0 aliphatic carbocycles. The van der Waals surface area contributed by atoms with Gasteiger partial charge in [-0.2, -0.15) is 13.2 Å². The van der Waals surface area contributed by atoms with Gasteiger partial charge < -0.3 is 14.4 Å². The number of nitrogens with zero attached hydrogens (tertiary/aromatic N) is 2. The summed E-state index contributed by atoms with van der Waals surface area (Å²) >= 11 is -0.461. The Morgan fingerprint density at radius 1 is 1.38 bits per heavy atom. The number of rotatable bonds is 5. The summed E-state index contributed by atoms with van der Waals surface area (Å²) in [7, 11) is 0. The molecule has 1 amide bonds. The summed E-state index contributed by atoms with van der Waals surface area (Å²) in [4.78, 5) is 23.2. The Labute approximate surface area is 138 Å². The van der Waals surface area contributed by atoms with Gasteiger partial charge in [0.05, 0.1) is 18.1 Å². The highest BCUT2D eigenvalue weighted by molar-refractivity contribution is 8.00. The Hall–Kier alpha value is -2.01. The molecule has 1 fully saturated rings. The Morgan fingerprint density at radius 3 is 2.62 bits per heavy atom. The summed E-state index contributed by atoms with van der Waals surface area (Å²) in [5, 5.41) is 11.0. The fourth-order valence-electron chi connectivity index (χ4n) is 2.00. The number of benzene rings is 1. The summed E-state index contributed by atoms with van der Waals surface area (Å²) in [6.07, 6.45) is 0. The lowest BCUT2D eigenvalue weighted by Gasteiger charge is -2.26. The van der Waals surface area contributed by atoms with E-state index in [0.717, 1.165) is 18.2 Å². The van der Waals surface area contributed by atoms with Crippen molar-refractivity contribution in [1.29, 1.82) is 0 Å². The third-order valence-electron chi connectivity index (χ3n) is 3.08. The first-order valence-corrected chi connectivity index (χ1v) is 7.60. The highest BCUT2D eigenvalue weighted by atomic mass is 32.2. The van der Waals surface area contributed by atoms with E-state index < -0.39 is 34.5 Å². The molecule has 1 aromatic rings. The molecule has 0 bridgehead atoms. The fraction of sp³-hybridized carbons (Fsp3) is 0.462. The maximum absolute atomic E-state index is 12.3. The number of carbonyl (C=O) groups is 1. The number of alkyl halides is 3. The van der Waals surface area contributed by atoms with Crippen LogP contribution in [0.2, 0.25) is 0 Å². The van der Waals surface area contributed by atoms with Crippen molar-refractivity contribution in [3.05, 3.63) is 28.3 Å². The molecule has 7 nitrogen and oxygen atoms in total. The molecule has 1 heterocycles. The number of halogens is 3. The molecule has 2 rings (SSSR count). The quantitative estimate of drug-likeness (QED) is 0.452. The van der Waals surface area contributed by atoms with Crippen LogP contribution in [0.3, 0.4) is 0 Å². The van der Waals surface area contributed by atoms with Gasteiger partial charge in [-0.05, 0) is 23.9 Å². The second kappa shape index (κ2) is 7.71. The smallest absolute Gasteiger partial charge is 0.446 e. The summed E-state index contributed by atoms with van der Waals surface area (Å²) in [6.45, 7) is 1.15. The molecular weight excluding hydrogens is 353 g/mol. The van der Waals surface area contributed by atoms with E-state index in [0.29, 0.717) is 26.3 Å². The lowest BCUT2D eigenvalue weighted by molar-refractivity contribution is -0.386. The molecule has 1 aliphatic rings. The first kappa shape index (κ1) is 18.3. The minimum Gasteiger partial charge on any atom is -0.477 e. The molecule has 1 aromatic carbocycles. The highest BCUT2D eigenvalue weighted by Gasteiger charge is 2.30. The minimum atomic E-state index is -4.55. The maximum atomic E-state index is 12.3. The number of morpholine rings is 1. The first-order chi connectivity index (χ1) is 11.3. The van der Waals surface area contributed by atoms with Crippen LogP contribution in [0.1, 0.15) is 0 Å². The molecular formula is C13H13F3N2O5S. The van der Waals surface area contributed by atoms with E-state index in [1.807, 2.05) is 0 Å². The van der Waals surface area contributed by atoms with Crippen molar-refractivity contribution >= 4 is 23.4 Å². The van der Waals surface area contributed by atoms with Gasteiger partial charge in [0.1, 0.15) is 0 Å². The van der Waals surface area contributed by atoms with Gasteiger partial charge in [0.25, 0.3) is 5.91 Å². The summed E-state index contributed by atoms with van der Waals surface area (Å²) in [5.74, 6) is -0.630. The number of thioether (sulfide) groups is 1. The van der Waals surface area contributed by atoms with Crippen LogP contribution in [-0.2, 0) is 9.53 Å². The summed E-state index contributed by atoms with van der Waals surface area (Å²) in [6, 6.07) is 2.88. The molecule has 1 aliphatic heterocycles. The number of hydrogen-bond acceptors (Lipinski definition) is 6. The summed E-state index contributed by atoms with van der Waals surface area (Å²) in [5.41, 5.74) is -5.18. The van der Waals surface area contributed by atoms with E-state index in [1.165, 1.54) is 4.90 Å². The van der Waals surface area contributed by atoms with Crippen molar-refractivity contribution < 1.29 is 32.4 Å². The minimum absolute atomic E-state index is 0.256. The van der Waals surface area contributed by atoms with Crippen LogP contribution < -0.4 is 4.74 Å². The molecule has 0 unspecified atom stereocenters. The Bertz CT molecular complexity index is 620. The Kier molecular flexibility index (Phi) is 5.89. The molecule has 1 saturated heterocycles. The van der Waals surface area contributed by atoms with Crippen LogP contribution in [0.5, 0.6) is 5.75 Å². The molecule has 24 heavy (non-hydrogen) atoms. The van der Waals surface area contributed by atoms with Crippen LogP contribution in [0, 0.1) is 10.1 Å². The second-order valence-electron chi connectivity index (χ2n) is 4.72. The van der Waals surface area contributed by atoms with Crippen LogP contribution in [0.4, 0.5) is 18.9 Å². The summed E-state index contributed by atoms with van der Waals surface area (Å²) < 4.78 is 47.2. The predicted molar refractivity (Wildman–Crippen MR) is 77.9 cm³/mol. The first-order valence-electron chi connectivity index (χ1n) is 6.79. The predicted octanol–water partition coefficient (Wildman–Crippen LogP) is 2.44. The van der Waals surface area contributed by atoms with Gasteiger partial charge >= 0.3 is 11.2 Å². The van der Waals surface area contributed by atoms with E-state index in [9.17, 15) is 28.1 Å². The maximum Gasteiger partial charge on any atom is 0.446 e. The number of nitro groups is 1. The van der Waals surface area contributed by atoms with Crippen molar-refractivity contribution in [3.8, 4) is 5.75 Å². The third kappa shape index (κ3) is 5.27. The zero-order valence-corrected chi connectivity index (χ0v) is 13.1. The zero-order valence-electron chi connectivity index (χ0n) is 12.2. The normalized spacial score (nSPS) is 15.2. The van der Waals surface area contributed by atoms with E-state index in [1.54, 1.807) is 0 Å². The van der Waals surface area contributed by atoms with Crippen molar-refractivity contribution in [2.75, 3.05) is 32.9 Å². The molecule has 0 saturated carbocycles. The number of carbonyl (C=O) groups excluding carboxylic acids is 1. The van der Waals surface area contributed by atoms with Gasteiger partial charge in [-0.15, -0.1) is 0 Å². The van der Waals surface area contributed by atoms with E-state index in [4.69, 9.17) is 9.47 Å². The number of hydrogen-bond donors (Lipinski definition) is 0. The number of nitro benzene ring substituents is 1. The number of ether oxygens (including phenoxy) is 2. The molecule has 0 aromatic heterocycles. The standard InChI is InChI=1S/C13H13F3N2O5S/c14-13(15,16)24-9-1-2-11(10(7-9)18(20)21)23-8-12(19)17-3-5-22-6-4-17/h1-2,7H,3-6,8H2. The van der Waals surface area contributed by atoms with Crippen molar-refractivity contribution in [2.24, 2.45) is 0 Å². The van der Waals surface area contributed by atoms with E-state index >= 15 is 0 Å². The molecule has 0 radical (unpaired) electrons. The zero-order chi connectivity index (χ0) is 17.7. The monoisotopic (exact) mass is 366 g/mol. The van der Waals surface area contributed by atoms with Crippen molar-refractivity contribution in [2.45, 2.75) is 10.4 Å². The molecule has 132 valence electrons. The van der Waals surface area contributed by atoms with Crippen LogP contribution in [-0.4, -0.2) is 54.1 Å². The van der Waals surface area contributed by atoms with Gasteiger partial charge in [-0.3, -0.25) is 14.9 Å².